The third kappa shape index (κ3) is 5.34. The summed E-state index contributed by atoms with van der Waals surface area (Å²) in [5, 5.41) is 12.9. The molecule has 2 aromatic carbocycles. The Hall–Kier alpha value is -3.38. The van der Waals surface area contributed by atoms with Crippen LogP contribution in [0.5, 0.6) is 0 Å². The van der Waals surface area contributed by atoms with Crippen LogP contribution in [0.15, 0.2) is 85.2 Å². The first-order valence-electron chi connectivity index (χ1n) is 11.8. The zero-order chi connectivity index (χ0) is 22.3. The molecule has 1 atom stereocenters. The predicted molar refractivity (Wildman–Crippen MR) is 128 cm³/mol. The van der Waals surface area contributed by atoms with Gasteiger partial charge in [0, 0.05) is 18.9 Å². The number of hydrogen-bond acceptors (Lipinski definition) is 5. The molecule has 5 rings (SSSR count). The van der Waals surface area contributed by atoms with Crippen LogP contribution in [-0.4, -0.2) is 43.2 Å². The first-order chi connectivity index (χ1) is 16.4. The van der Waals surface area contributed by atoms with E-state index < -0.39 is 0 Å². The Morgan fingerprint density at radius 2 is 1.48 bits per heavy atom. The van der Waals surface area contributed by atoms with Gasteiger partial charge in [-0.25, -0.2) is 4.68 Å². The fraction of sp³-hybridized carbons (Fsp3) is 0.333. The van der Waals surface area contributed by atoms with Crippen molar-refractivity contribution in [3.63, 3.8) is 0 Å². The lowest BCUT2D eigenvalue weighted by atomic mass is 9.89. The van der Waals surface area contributed by atoms with Crippen molar-refractivity contribution in [1.29, 1.82) is 0 Å². The quantitative estimate of drug-likeness (QED) is 0.409. The lowest BCUT2D eigenvalue weighted by molar-refractivity contribution is 0.143. The molecule has 1 saturated heterocycles. The van der Waals surface area contributed by atoms with E-state index >= 15 is 0 Å². The second-order valence-electron chi connectivity index (χ2n) is 8.85. The Labute approximate surface area is 195 Å². The van der Waals surface area contributed by atoms with E-state index in [-0.39, 0.29) is 6.04 Å². The molecule has 1 unspecified atom stereocenters. The summed E-state index contributed by atoms with van der Waals surface area (Å²) >= 11 is 0. The van der Waals surface area contributed by atoms with Crippen molar-refractivity contribution < 1.29 is 0 Å². The standard InChI is InChI=1S/C27H30N6/c1-3-7-22(8-4-1)15-20-33-27(29-30-31-33)26(25-11-16-28-17-12-25)32-18-13-24(14-19-32)21-23-9-5-2-6-10-23/h1-12,16-17,24,26H,13-15,18-21H2. The van der Waals surface area contributed by atoms with Gasteiger partial charge < -0.3 is 0 Å². The third-order valence-electron chi connectivity index (χ3n) is 6.66. The maximum atomic E-state index is 4.51. The van der Waals surface area contributed by atoms with Crippen LogP contribution in [0.25, 0.3) is 0 Å². The Morgan fingerprint density at radius 1 is 0.818 bits per heavy atom. The van der Waals surface area contributed by atoms with Gasteiger partial charge in [-0.05, 0) is 83.9 Å². The van der Waals surface area contributed by atoms with Gasteiger partial charge in [0.05, 0.1) is 6.04 Å². The molecule has 0 aliphatic carbocycles. The SMILES string of the molecule is c1ccc(CCn2nnnc2C(c2ccncc2)N2CCC(Cc3ccccc3)CC2)cc1. The molecule has 0 N–H and O–H groups in total. The highest BCUT2D eigenvalue weighted by Gasteiger charge is 2.31. The lowest BCUT2D eigenvalue weighted by Crippen LogP contribution is -2.39. The first kappa shape index (κ1) is 21.5. The number of aromatic nitrogens is 5. The Kier molecular flexibility index (Phi) is 6.82. The summed E-state index contributed by atoms with van der Waals surface area (Å²) in [7, 11) is 0. The van der Waals surface area contributed by atoms with E-state index in [9.17, 15) is 0 Å². The van der Waals surface area contributed by atoms with E-state index in [4.69, 9.17) is 0 Å². The van der Waals surface area contributed by atoms with Gasteiger partial charge in [-0.2, -0.15) is 0 Å². The van der Waals surface area contributed by atoms with E-state index in [1.54, 1.807) is 0 Å². The zero-order valence-corrected chi connectivity index (χ0v) is 18.9. The summed E-state index contributed by atoms with van der Waals surface area (Å²) < 4.78 is 1.98. The molecule has 6 heteroatoms. The topological polar surface area (TPSA) is 59.7 Å². The van der Waals surface area contributed by atoms with Gasteiger partial charge in [0.15, 0.2) is 5.82 Å². The molecule has 4 aromatic rings. The second-order valence-corrected chi connectivity index (χ2v) is 8.85. The molecule has 33 heavy (non-hydrogen) atoms. The van der Waals surface area contributed by atoms with Gasteiger partial charge in [0.2, 0.25) is 0 Å². The number of benzene rings is 2. The van der Waals surface area contributed by atoms with Gasteiger partial charge >= 0.3 is 0 Å². The van der Waals surface area contributed by atoms with Crippen molar-refractivity contribution >= 4 is 0 Å². The van der Waals surface area contributed by atoms with E-state index in [1.165, 1.54) is 29.5 Å². The number of likely N-dealkylation sites (tertiary alicyclic amines) is 1. The van der Waals surface area contributed by atoms with Crippen molar-refractivity contribution in [1.82, 2.24) is 30.1 Å². The van der Waals surface area contributed by atoms with Crippen LogP contribution in [0.4, 0.5) is 0 Å². The number of piperidine rings is 1. The highest BCUT2D eigenvalue weighted by Crippen LogP contribution is 2.32. The lowest BCUT2D eigenvalue weighted by Gasteiger charge is -2.37. The van der Waals surface area contributed by atoms with Gasteiger partial charge in [-0.3, -0.25) is 9.88 Å². The van der Waals surface area contributed by atoms with Crippen molar-refractivity contribution in [2.75, 3.05) is 13.1 Å². The maximum absolute atomic E-state index is 4.51. The second kappa shape index (κ2) is 10.5. The monoisotopic (exact) mass is 438 g/mol. The molecule has 1 aliphatic heterocycles. The summed E-state index contributed by atoms with van der Waals surface area (Å²) in [6.45, 7) is 2.84. The van der Waals surface area contributed by atoms with Crippen LogP contribution in [0.3, 0.4) is 0 Å². The summed E-state index contributed by atoms with van der Waals surface area (Å²) in [6.07, 6.45) is 8.15. The Balaban J connectivity index is 1.32. The Bertz CT molecular complexity index is 1110. The largest absolute Gasteiger partial charge is 0.290 e. The van der Waals surface area contributed by atoms with Gasteiger partial charge in [0.1, 0.15) is 0 Å². The summed E-state index contributed by atoms with van der Waals surface area (Å²) in [5.41, 5.74) is 3.93. The van der Waals surface area contributed by atoms with E-state index in [1.807, 2.05) is 23.1 Å². The highest BCUT2D eigenvalue weighted by atomic mass is 15.5. The van der Waals surface area contributed by atoms with Crippen molar-refractivity contribution in [3.8, 4) is 0 Å². The number of rotatable bonds is 8. The molecule has 2 aromatic heterocycles. The van der Waals surface area contributed by atoms with Crippen molar-refractivity contribution in [3.05, 3.63) is 108 Å². The number of pyridine rings is 1. The van der Waals surface area contributed by atoms with Gasteiger partial charge in [-0.1, -0.05) is 60.7 Å². The number of nitrogens with zero attached hydrogens (tertiary/aromatic N) is 6. The smallest absolute Gasteiger partial charge is 0.173 e. The summed E-state index contributed by atoms with van der Waals surface area (Å²) in [6, 6.07) is 25.6. The molecule has 1 aliphatic rings. The molecule has 0 amide bonds. The highest BCUT2D eigenvalue weighted by molar-refractivity contribution is 5.23. The zero-order valence-electron chi connectivity index (χ0n) is 18.9. The van der Waals surface area contributed by atoms with Crippen molar-refractivity contribution in [2.24, 2.45) is 5.92 Å². The molecular formula is C27H30N6. The molecule has 1 fully saturated rings. The van der Waals surface area contributed by atoms with Gasteiger partial charge in [0.25, 0.3) is 0 Å². The van der Waals surface area contributed by atoms with E-state index in [2.05, 4.69) is 92.1 Å². The third-order valence-corrected chi connectivity index (χ3v) is 6.66. The molecule has 0 radical (unpaired) electrons. The normalized spacial score (nSPS) is 16.0. The molecular weight excluding hydrogens is 408 g/mol. The fourth-order valence-electron chi connectivity index (χ4n) is 4.88. The van der Waals surface area contributed by atoms with Crippen LogP contribution in [0.1, 0.15) is 41.4 Å². The fourth-order valence-corrected chi connectivity index (χ4v) is 4.88. The average molecular weight is 439 g/mol. The number of aryl methyl sites for hydroxylation is 2. The van der Waals surface area contributed by atoms with Crippen LogP contribution in [0.2, 0.25) is 0 Å². The summed E-state index contributed by atoms with van der Waals surface area (Å²) in [5.74, 6) is 1.63. The van der Waals surface area contributed by atoms with Crippen molar-refractivity contribution in [2.45, 2.75) is 38.3 Å². The number of hydrogen-bond donors (Lipinski definition) is 0. The van der Waals surface area contributed by atoms with Crippen LogP contribution in [0, 0.1) is 5.92 Å². The minimum atomic E-state index is 0.0384. The van der Waals surface area contributed by atoms with Crippen LogP contribution >= 0.6 is 0 Å². The number of tetrazole rings is 1. The average Bonchev–Trinajstić information content (AvgIpc) is 3.34. The molecule has 0 saturated carbocycles. The molecule has 0 bridgehead atoms. The van der Waals surface area contributed by atoms with Crippen LogP contribution in [-0.2, 0) is 19.4 Å². The first-order valence-corrected chi connectivity index (χ1v) is 11.8. The molecule has 0 spiro atoms. The minimum Gasteiger partial charge on any atom is -0.290 e. The van der Waals surface area contributed by atoms with E-state index in [0.29, 0.717) is 0 Å². The predicted octanol–water partition coefficient (Wildman–Crippen LogP) is 4.35. The molecule has 3 heterocycles. The van der Waals surface area contributed by atoms with E-state index in [0.717, 1.165) is 44.2 Å². The van der Waals surface area contributed by atoms with Crippen LogP contribution < -0.4 is 0 Å². The minimum absolute atomic E-state index is 0.0384. The molecule has 6 nitrogen and oxygen atoms in total. The Morgan fingerprint density at radius 3 is 2.18 bits per heavy atom. The molecule has 168 valence electrons. The van der Waals surface area contributed by atoms with Gasteiger partial charge in [-0.15, -0.1) is 5.10 Å². The summed E-state index contributed by atoms with van der Waals surface area (Å²) in [4.78, 5) is 6.78. The maximum Gasteiger partial charge on any atom is 0.173 e.